The topological polar surface area (TPSA) is 110 Å². The van der Waals surface area contributed by atoms with Crippen molar-refractivity contribution < 1.29 is 34.1 Å². The molecule has 122 valence electrons. The summed E-state index contributed by atoms with van der Waals surface area (Å²) in [5, 5.41) is 21.4. The average molecular weight is 320 g/mol. The number of rotatable bonds is 2. The van der Waals surface area contributed by atoms with Crippen LogP contribution in [0.5, 0.6) is 11.5 Å². The Hall–Kier alpha value is -2.25. The van der Waals surface area contributed by atoms with Crippen LogP contribution in [0.1, 0.15) is 40.0 Å². The van der Waals surface area contributed by atoms with Crippen LogP contribution in [-0.2, 0) is 4.79 Å². The highest BCUT2D eigenvalue weighted by Gasteiger charge is 2.68. The molecule has 7 nitrogen and oxygen atoms in total. The highest BCUT2D eigenvalue weighted by molar-refractivity contribution is 6.31. The molecule has 0 radical (unpaired) electrons. The van der Waals surface area contributed by atoms with E-state index in [2.05, 4.69) is 0 Å². The van der Waals surface area contributed by atoms with Gasteiger partial charge < -0.3 is 19.7 Å². The molecule has 3 rings (SSSR count). The third-order valence-electron chi connectivity index (χ3n) is 4.65. The van der Waals surface area contributed by atoms with E-state index in [1.165, 1.54) is 26.4 Å². The molecule has 2 N–H and O–H groups in total. The lowest BCUT2D eigenvalue weighted by Gasteiger charge is -2.46. The molecule has 2 aliphatic carbocycles. The van der Waals surface area contributed by atoms with Crippen molar-refractivity contribution in [3.8, 4) is 11.5 Å². The number of aliphatic hydroxyl groups is 2. The molecule has 2 atom stereocenters. The minimum Gasteiger partial charge on any atom is -0.497 e. The van der Waals surface area contributed by atoms with Crippen molar-refractivity contribution in [2.75, 3.05) is 14.2 Å². The normalized spacial score (nSPS) is 29.8. The Balaban J connectivity index is 2.35. The molecule has 0 saturated heterocycles. The van der Waals surface area contributed by atoms with Crippen LogP contribution in [0.15, 0.2) is 12.1 Å². The first-order valence-electron chi connectivity index (χ1n) is 7.15. The molecule has 0 bridgehead atoms. The van der Waals surface area contributed by atoms with Gasteiger partial charge >= 0.3 is 0 Å². The molecule has 0 unspecified atom stereocenters. The van der Waals surface area contributed by atoms with E-state index in [0.29, 0.717) is 0 Å². The summed E-state index contributed by atoms with van der Waals surface area (Å²) in [5.74, 6) is -2.48. The number of methoxy groups -OCH3 is 2. The molecule has 2 aliphatic rings. The van der Waals surface area contributed by atoms with Crippen molar-refractivity contribution in [3.05, 3.63) is 23.3 Å². The summed E-state index contributed by atoms with van der Waals surface area (Å²) in [7, 11) is 2.67. The van der Waals surface area contributed by atoms with Crippen molar-refractivity contribution in [2.24, 2.45) is 0 Å². The highest BCUT2D eigenvalue weighted by Crippen LogP contribution is 2.47. The molecule has 0 amide bonds. The zero-order chi connectivity index (χ0) is 17.0. The minimum absolute atomic E-state index is 0.00606. The van der Waals surface area contributed by atoms with E-state index >= 15 is 0 Å². The predicted molar refractivity (Wildman–Crippen MR) is 77.0 cm³/mol. The average Bonchev–Trinajstić information content (AvgIpc) is 2.55. The number of Topliss-reactive ketones (excluding diaryl/α,β-unsaturated/α-hetero) is 3. The number of benzene rings is 1. The first-order valence-corrected chi connectivity index (χ1v) is 7.15. The fraction of sp³-hybridized carbons (Fsp3) is 0.438. The molecular weight excluding hydrogens is 304 g/mol. The quantitative estimate of drug-likeness (QED) is 0.754. The van der Waals surface area contributed by atoms with Gasteiger partial charge in [-0.2, -0.15) is 0 Å². The largest absolute Gasteiger partial charge is 0.497 e. The second kappa shape index (κ2) is 4.87. The Kier molecular flexibility index (Phi) is 3.31. The lowest BCUT2D eigenvalue weighted by Crippen LogP contribution is -2.71. The molecule has 0 spiro atoms. The van der Waals surface area contributed by atoms with E-state index in [-0.39, 0.29) is 41.9 Å². The van der Waals surface area contributed by atoms with Gasteiger partial charge in [-0.3, -0.25) is 14.4 Å². The summed E-state index contributed by atoms with van der Waals surface area (Å²) in [6.45, 7) is 0. The van der Waals surface area contributed by atoms with Gasteiger partial charge in [0.15, 0.2) is 17.2 Å². The van der Waals surface area contributed by atoms with E-state index in [9.17, 15) is 24.6 Å². The second-order valence-corrected chi connectivity index (χ2v) is 5.76. The highest BCUT2D eigenvalue weighted by atomic mass is 16.5. The van der Waals surface area contributed by atoms with Gasteiger partial charge in [-0.25, -0.2) is 0 Å². The Morgan fingerprint density at radius 3 is 2.35 bits per heavy atom. The summed E-state index contributed by atoms with van der Waals surface area (Å²) >= 11 is 0. The number of fused-ring (bicyclic) bond motifs is 2. The maximum Gasteiger partial charge on any atom is 0.222 e. The fourth-order valence-electron chi connectivity index (χ4n) is 3.38. The van der Waals surface area contributed by atoms with E-state index in [0.717, 1.165) is 0 Å². The zero-order valence-corrected chi connectivity index (χ0v) is 12.7. The fourth-order valence-corrected chi connectivity index (χ4v) is 3.38. The van der Waals surface area contributed by atoms with Crippen LogP contribution in [0.25, 0.3) is 0 Å². The second-order valence-electron chi connectivity index (χ2n) is 5.76. The van der Waals surface area contributed by atoms with Crippen molar-refractivity contribution in [3.63, 3.8) is 0 Å². The van der Waals surface area contributed by atoms with Gasteiger partial charge in [0, 0.05) is 18.1 Å². The smallest absolute Gasteiger partial charge is 0.222 e. The van der Waals surface area contributed by atoms with Gasteiger partial charge in [-0.15, -0.1) is 0 Å². The maximum absolute atomic E-state index is 12.8. The Labute approximate surface area is 131 Å². The summed E-state index contributed by atoms with van der Waals surface area (Å²) in [6, 6.07) is 2.68. The molecule has 1 saturated carbocycles. The molecule has 1 fully saturated rings. The lowest BCUT2D eigenvalue weighted by atomic mass is 9.60. The van der Waals surface area contributed by atoms with Gasteiger partial charge in [0.25, 0.3) is 0 Å². The first-order chi connectivity index (χ1) is 10.8. The Bertz CT molecular complexity index is 738. The van der Waals surface area contributed by atoms with E-state index < -0.39 is 28.6 Å². The van der Waals surface area contributed by atoms with Gasteiger partial charge in [0.2, 0.25) is 11.4 Å². The van der Waals surface area contributed by atoms with Crippen molar-refractivity contribution in [1.82, 2.24) is 0 Å². The molecule has 7 heteroatoms. The van der Waals surface area contributed by atoms with E-state index in [4.69, 9.17) is 9.47 Å². The zero-order valence-electron chi connectivity index (χ0n) is 12.7. The van der Waals surface area contributed by atoms with Crippen molar-refractivity contribution >= 4 is 17.3 Å². The van der Waals surface area contributed by atoms with E-state index in [1.807, 2.05) is 0 Å². The van der Waals surface area contributed by atoms with Crippen LogP contribution in [0, 0.1) is 0 Å². The Morgan fingerprint density at radius 1 is 1.04 bits per heavy atom. The molecule has 0 aromatic heterocycles. The number of hydrogen-bond donors (Lipinski definition) is 2. The SMILES string of the molecule is COc1cc(OC)c2c(c1)C(=O)[C@@]1(O)CCCC(=O)[C@@]1(O)C2=O. The lowest BCUT2D eigenvalue weighted by molar-refractivity contribution is -0.160. The van der Waals surface area contributed by atoms with Crippen LogP contribution in [0.2, 0.25) is 0 Å². The van der Waals surface area contributed by atoms with Crippen LogP contribution in [0.3, 0.4) is 0 Å². The van der Waals surface area contributed by atoms with Crippen LogP contribution in [0.4, 0.5) is 0 Å². The third-order valence-corrected chi connectivity index (χ3v) is 4.65. The van der Waals surface area contributed by atoms with Gasteiger partial charge in [0.1, 0.15) is 11.5 Å². The summed E-state index contributed by atoms with van der Waals surface area (Å²) in [4.78, 5) is 37.8. The summed E-state index contributed by atoms with van der Waals surface area (Å²) in [5.41, 5.74) is -5.55. The maximum atomic E-state index is 12.8. The van der Waals surface area contributed by atoms with Crippen molar-refractivity contribution in [2.45, 2.75) is 30.5 Å². The molecule has 23 heavy (non-hydrogen) atoms. The number of hydrogen-bond acceptors (Lipinski definition) is 7. The first kappa shape index (κ1) is 15.6. The summed E-state index contributed by atoms with van der Waals surface area (Å²) < 4.78 is 10.2. The third kappa shape index (κ3) is 1.74. The van der Waals surface area contributed by atoms with Gasteiger partial charge in [-0.1, -0.05) is 0 Å². The van der Waals surface area contributed by atoms with Crippen LogP contribution >= 0.6 is 0 Å². The molecule has 1 aromatic rings. The number of carbonyl (C=O) groups is 3. The molecule has 1 aromatic carbocycles. The van der Waals surface area contributed by atoms with Gasteiger partial charge in [0.05, 0.1) is 19.8 Å². The summed E-state index contributed by atoms with van der Waals surface area (Å²) in [6.07, 6.45) is -0.0302. The predicted octanol–water partition coefficient (Wildman–Crippen LogP) is 0.298. The monoisotopic (exact) mass is 320 g/mol. The molecule has 0 heterocycles. The number of carbonyl (C=O) groups excluding carboxylic acids is 3. The molecule has 0 aliphatic heterocycles. The van der Waals surface area contributed by atoms with E-state index in [1.54, 1.807) is 0 Å². The number of ether oxygens (including phenoxy) is 2. The number of ketones is 3. The minimum atomic E-state index is -2.77. The Morgan fingerprint density at radius 2 is 1.74 bits per heavy atom. The molecular formula is C16H16O7. The standard InChI is InChI=1S/C16H16O7/c1-22-8-6-9-12(10(7-8)23-2)14(19)16(21)11(17)4-3-5-15(16,20)13(9)18/h6-7,20-21H,3-5H2,1-2H3/t15-,16+/m0/s1. The van der Waals surface area contributed by atoms with Crippen LogP contribution < -0.4 is 9.47 Å². The van der Waals surface area contributed by atoms with Crippen LogP contribution in [-0.4, -0.2) is 53.0 Å². The van der Waals surface area contributed by atoms with Gasteiger partial charge in [-0.05, 0) is 18.9 Å². The van der Waals surface area contributed by atoms with Crippen molar-refractivity contribution in [1.29, 1.82) is 0 Å².